The van der Waals surface area contributed by atoms with E-state index < -0.39 is 0 Å². The van der Waals surface area contributed by atoms with Gasteiger partial charge in [0.1, 0.15) is 5.82 Å². The lowest BCUT2D eigenvalue weighted by Gasteiger charge is -2.11. The molecule has 0 saturated carbocycles. The van der Waals surface area contributed by atoms with E-state index in [0.717, 1.165) is 34.3 Å². The molecular weight excluding hydrogens is 353 g/mol. The normalized spacial score (nSPS) is 11.3. The maximum atomic E-state index is 13.3. The summed E-state index contributed by atoms with van der Waals surface area (Å²) in [7, 11) is 3.92. The summed E-state index contributed by atoms with van der Waals surface area (Å²) in [6.45, 7) is 1.36. The Hall–Kier alpha value is -2.37. The smallest absolute Gasteiger partial charge is 0.224 e. The Balaban J connectivity index is 1.95. The molecule has 0 spiro atoms. The summed E-state index contributed by atoms with van der Waals surface area (Å²) in [4.78, 5) is 17.8. The molecule has 0 radical (unpaired) electrons. The minimum Gasteiger partial charge on any atom is -0.355 e. The summed E-state index contributed by atoms with van der Waals surface area (Å²) < 4.78 is 13.3. The first-order valence-electron chi connectivity index (χ1n) is 8.41. The molecule has 0 aliphatic rings. The molecule has 0 bridgehead atoms. The molecule has 26 heavy (non-hydrogen) atoms. The van der Waals surface area contributed by atoms with E-state index in [9.17, 15) is 9.18 Å². The fourth-order valence-corrected chi connectivity index (χ4v) is 3.08. The first-order chi connectivity index (χ1) is 12.4. The van der Waals surface area contributed by atoms with Crippen LogP contribution in [0.3, 0.4) is 0 Å². The van der Waals surface area contributed by atoms with E-state index in [1.807, 2.05) is 31.1 Å². The number of aromatic nitrogens is 1. The molecule has 1 heterocycles. The molecule has 1 amide bonds. The number of carbonyl (C=O) groups is 1. The second-order valence-corrected chi connectivity index (χ2v) is 6.94. The number of benzene rings is 2. The lowest BCUT2D eigenvalue weighted by Crippen LogP contribution is -2.32. The Bertz CT molecular complexity index is 919. The van der Waals surface area contributed by atoms with Gasteiger partial charge in [0.05, 0.1) is 12.1 Å². The summed E-state index contributed by atoms with van der Waals surface area (Å²) in [5.41, 5.74) is 3.39. The molecule has 2 aromatic carbocycles. The van der Waals surface area contributed by atoms with Crippen LogP contribution in [0.1, 0.15) is 5.56 Å². The Morgan fingerprint density at radius 3 is 2.62 bits per heavy atom. The van der Waals surface area contributed by atoms with Crippen LogP contribution in [-0.2, 0) is 11.2 Å². The highest BCUT2D eigenvalue weighted by atomic mass is 35.5. The maximum absolute atomic E-state index is 13.3. The highest BCUT2D eigenvalue weighted by Gasteiger charge is 2.16. The molecule has 0 aliphatic heterocycles. The zero-order chi connectivity index (χ0) is 18.7. The standard InChI is InChI=1S/C20H21ClFN3O/c1-25(2)10-9-23-19(26)12-17-16-11-14(21)5-8-18(16)24-20(17)13-3-6-15(22)7-4-13/h3-8,11,24H,9-10,12H2,1-2H3,(H,23,26). The lowest BCUT2D eigenvalue weighted by molar-refractivity contribution is -0.120. The van der Waals surface area contributed by atoms with Crippen LogP contribution < -0.4 is 5.32 Å². The molecule has 0 atom stereocenters. The van der Waals surface area contributed by atoms with Crippen LogP contribution in [0.15, 0.2) is 42.5 Å². The summed E-state index contributed by atoms with van der Waals surface area (Å²) >= 11 is 6.15. The van der Waals surface area contributed by atoms with Crippen molar-refractivity contribution in [2.75, 3.05) is 27.2 Å². The second-order valence-electron chi connectivity index (χ2n) is 6.51. The molecule has 3 rings (SSSR count). The van der Waals surface area contributed by atoms with Gasteiger partial charge in [0.2, 0.25) is 5.91 Å². The Morgan fingerprint density at radius 2 is 1.92 bits per heavy atom. The van der Waals surface area contributed by atoms with Gasteiger partial charge < -0.3 is 15.2 Å². The molecule has 0 saturated heterocycles. The Kier molecular flexibility index (Phi) is 5.59. The number of amides is 1. The van der Waals surface area contributed by atoms with Crippen LogP contribution >= 0.6 is 11.6 Å². The van der Waals surface area contributed by atoms with Gasteiger partial charge in [-0.15, -0.1) is 0 Å². The van der Waals surface area contributed by atoms with Gasteiger partial charge in [-0.25, -0.2) is 4.39 Å². The second kappa shape index (κ2) is 7.89. The predicted octanol–water partition coefficient (Wildman–Crippen LogP) is 3.85. The third-order valence-electron chi connectivity index (χ3n) is 4.22. The summed E-state index contributed by atoms with van der Waals surface area (Å²) in [6.07, 6.45) is 0.223. The first kappa shape index (κ1) is 18.4. The largest absolute Gasteiger partial charge is 0.355 e. The van der Waals surface area contributed by atoms with E-state index in [0.29, 0.717) is 11.6 Å². The fraction of sp³-hybridized carbons (Fsp3) is 0.250. The zero-order valence-corrected chi connectivity index (χ0v) is 15.5. The van der Waals surface area contributed by atoms with Crippen LogP contribution in [0.4, 0.5) is 4.39 Å². The average molecular weight is 374 g/mol. The summed E-state index contributed by atoms with van der Waals surface area (Å²) in [5, 5.41) is 4.44. The fourth-order valence-electron chi connectivity index (χ4n) is 2.91. The van der Waals surface area contributed by atoms with Gasteiger partial charge in [0, 0.05) is 29.0 Å². The van der Waals surface area contributed by atoms with Gasteiger partial charge >= 0.3 is 0 Å². The molecule has 4 nitrogen and oxygen atoms in total. The van der Waals surface area contributed by atoms with Crippen molar-refractivity contribution >= 4 is 28.4 Å². The molecule has 6 heteroatoms. The minimum atomic E-state index is -0.295. The number of hydrogen-bond acceptors (Lipinski definition) is 2. The summed E-state index contributed by atoms with van der Waals surface area (Å²) in [5.74, 6) is -0.355. The molecule has 136 valence electrons. The lowest BCUT2D eigenvalue weighted by atomic mass is 10.0. The van der Waals surface area contributed by atoms with Gasteiger partial charge in [-0.05, 0) is 67.7 Å². The van der Waals surface area contributed by atoms with Crippen molar-refractivity contribution in [3.05, 3.63) is 58.9 Å². The van der Waals surface area contributed by atoms with E-state index in [2.05, 4.69) is 10.3 Å². The number of hydrogen-bond donors (Lipinski definition) is 2. The van der Waals surface area contributed by atoms with E-state index in [1.54, 1.807) is 18.2 Å². The number of nitrogens with zero attached hydrogens (tertiary/aromatic N) is 1. The highest BCUT2D eigenvalue weighted by molar-refractivity contribution is 6.31. The minimum absolute atomic E-state index is 0.0592. The van der Waals surface area contributed by atoms with Crippen LogP contribution in [0.2, 0.25) is 5.02 Å². The van der Waals surface area contributed by atoms with Crippen molar-refractivity contribution in [3.63, 3.8) is 0 Å². The van der Waals surface area contributed by atoms with E-state index >= 15 is 0 Å². The molecular formula is C20H21ClFN3O. The molecule has 2 N–H and O–H groups in total. The quantitative estimate of drug-likeness (QED) is 0.689. The van der Waals surface area contributed by atoms with Gasteiger partial charge in [-0.2, -0.15) is 0 Å². The van der Waals surface area contributed by atoms with Gasteiger partial charge in [-0.1, -0.05) is 11.6 Å². The molecule has 0 unspecified atom stereocenters. The predicted molar refractivity (Wildman–Crippen MR) is 104 cm³/mol. The first-order valence-corrected chi connectivity index (χ1v) is 8.79. The number of halogens is 2. The number of aromatic amines is 1. The Labute approximate surface area is 157 Å². The third kappa shape index (κ3) is 4.23. The van der Waals surface area contributed by atoms with Gasteiger partial charge in [0.25, 0.3) is 0 Å². The van der Waals surface area contributed by atoms with Crippen LogP contribution in [0.25, 0.3) is 22.2 Å². The van der Waals surface area contributed by atoms with Crippen molar-refractivity contribution < 1.29 is 9.18 Å². The Morgan fingerprint density at radius 1 is 1.19 bits per heavy atom. The summed E-state index contributed by atoms with van der Waals surface area (Å²) in [6, 6.07) is 11.8. The van der Waals surface area contributed by atoms with Gasteiger partial charge in [0.15, 0.2) is 0 Å². The molecule has 0 aliphatic carbocycles. The van der Waals surface area contributed by atoms with E-state index in [-0.39, 0.29) is 18.1 Å². The van der Waals surface area contributed by atoms with Crippen LogP contribution in [-0.4, -0.2) is 43.0 Å². The molecule has 1 aromatic heterocycles. The SMILES string of the molecule is CN(C)CCNC(=O)Cc1c(-c2ccc(F)cc2)[nH]c2ccc(Cl)cc12. The third-order valence-corrected chi connectivity index (χ3v) is 4.45. The zero-order valence-electron chi connectivity index (χ0n) is 14.8. The number of rotatable bonds is 6. The van der Waals surface area contributed by atoms with Crippen molar-refractivity contribution in [1.29, 1.82) is 0 Å². The topological polar surface area (TPSA) is 48.1 Å². The monoisotopic (exact) mass is 373 g/mol. The van der Waals surface area contributed by atoms with Crippen molar-refractivity contribution in [1.82, 2.24) is 15.2 Å². The van der Waals surface area contributed by atoms with E-state index in [4.69, 9.17) is 11.6 Å². The number of likely N-dealkylation sites (N-methyl/N-ethyl adjacent to an activating group) is 1. The van der Waals surface area contributed by atoms with Crippen LogP contribution in [0, 0.1) is 5.82 Å². The number of fused-ring (bicyclic) bond motifs is 1. The number of nitrogens with one attached hydrogen (secondary N) is 2. The maximum Gasteiger partial charge on any atom is 0.224 e. The van der Waals surface area contributed by atoms with Crippen LogP contribution in [0.5, 0.6) is 0 Å². The van der Waals surface area contributed by atoms with Crippen molar-refractivity contribution in [2.45, 2.75) is 6.42 Å². The average Bonchev–Trinajstić information content (AvgIpc) is 2.93. The number of carbonyl (C=O) groups excluding carboxylic acids is 1. The molecule has 0 fully saturated rings. The molecule has 3 aromatic rings. The highest BCUT2D eigenvalue weighted by Crippen LogP contribution is 2.32. The van der Waals surface area contributed by atoms with Gasteiger partial charge in [-0.3, -0.25) is 4.79 Å². The number of H-pyrrole nitrogens is 1. The van der Waals surface area contributed by atoms with Crippen molar-refractivity contribution in [2.24, 2.45) is 0 Å². The van der Waals surface area contributed by atoms with Crippen molar-refractivity contribution in [3.8, 4) is 11.3 Å². The van der Waals surface area contributed by atoms with E-state index in [1.165, 1.54) is 12.1 Å².